The standard InChI is InChI=1S/C18H19N3S/c1-2-3-14-9-13-22-18(14)7-5-16-17-6-4-15(8-10-19)21(17)12-11-20-16/h4,6,9,11-13H,2-3,5,7-8H2,1H3. The van der Waals surface area contributed by atoms with Crippen LogP contribution >= 0.6 is 11.3 Å². The summed E-state index contributed by atoms with van der Waals surface area (Å²) >= 11 is 1.85. The zero-order chi connectivity index (χ0) is 15.4. The Hall–Kier alpha value is -2.12. The predicted octanol–water partition coefficient (Wildman–Crippen LogP) is 4.20. The van der Waals surface area contributed by atoms with Crippen LogP contribution in [0.4, 0.5) is 0 Å². The summed E-state index contributed by atoms with van der Waals surface area (Å²) in [6.45, 7) is 2.22. The van der Waals surface area contributed by atoms with E-state index >= 15 is 0 Å². The van der Waals surface area contributed by atoms with E-state index in [-0.39, 0.29) is 0 Å². The van der Waals surface area contributed by atoms with Crippen LogP contribution < -0.4 is 0 Å². The number of hydrogen-bond donors (Lipinski definition) is 0. The highest BCUT2D eigenvalue weighted by atomic mass is 32.1. The number of rotatable bonds is 6. The summed E-state index contributed by atoms with van der Waals surface area (Å²) in [5.41, 5.74) is 4.76. The van der Waals surface area contributed by atoms with Gasteiger partial charge in [0.2, 0.25) is 0 Å². The molecule has 3 nitrogen and oxygen atoms in total. The van der Waals surface area contributed by atoms with Crippen LogP contribution in [-0.4, -0.2) is 9.38 Å². The molecule has 0 bridgehead atoms. The minimum absolute atomic E-state index is 0.434. The fraction of sp³-hybridized carbons (Fsp3) is 0.333. The molecule has 4 heteroatoms. The molecule has 0 aromatic carbocycles. The largest absolute Gasteiger partial charge is 0.317 e. The highest BCUT2D eigenvalue weighted by Gasteiger charge is 2.09. The Balaban J connectivity index is 1.82. The third-order valence-electron chi connectivity index (χ3n) is 3.95. The molecule has 0 radical (unpaired) electrons. The van der Waals surface area contributed by atoms with Crippen molar-refractivity contribution in [3.8, 4) is 6.07 Å². The summed E-state index contributed by atoms with van der Waals surface area (Å²) in [6.07, 6.45) is 8.55. The van der Waals surface area contributed by atoms with Crippen molar-refractivity contribution < 1.29 is 0 Å². The molecule has 0 aliphatic carbocycles. The lowest BCUT2D eigenvalue weighted by atomic mass is 10.1. The number of nitriles is 1. The molecule has 0 unspecified atom stereocenters. The number of aryl methyl sites for hydroxylation is 3. The van der Waals surface area contributed by atoms with E-state index in [1.807, 2.05) is 29.8 Å². The summed E-state index contributed by atoms with van der Waals surface area (Å²) in [4.78, 5) is 6.04. The van der Waals surface area contributed by atoms with E-state index in [9.17, 15) is 0 Å². The third kappa shape index (κ3) is 2.90. The number of thiophene rings is 1. The first-order chi connectivity index (χ1) is 10.8. The SMILES string of the molecule is CCCc1ccsc1CCc1nccn2c(CC#N)ccc12. The molecule has 0 saturated carbocycles. The first-order valence-corrected chi connectivity index (χ1v) is 8.57. The lowest BCUT2D eigenvalue weighted by Crippen LogP contribution is -2.00. The Labute approximate surface area is 134 Å². The molecule has 112 valence electrons. The molecule has 0 aliphatic rings. The molecule has 0 fully saturated rings. The van der Waals surface area contributed by atoms with Gasteiger partial charge in [0.05, 0.1) is 23.7 Å². The van der Waals surface area contributed by atoms with Crippen molar-refractivity contribution in [3.05, 3.63) is 57.8 Å². The highest BCUT2D eigenvalue weighted by Crippen LogP contribution is 2.22. The van der Waals surface area contributed by atoms with Crippen LogP contribution in [0.3, 0.4) is 0 Å². The highest BCUT2D eigenvalue weighted by molar-refractivity contribution is 7.10. The second kappa shape index (κ2) is 6.76. The normalized spacial score (nSPS) is 10.9. The van der Waals surface area contributed by atoms with Gasteiger partial charge in [0.25, 0.3) is 0 Å². The summed E-state index contributed by atoms with van der Waals surface area (Å²) < 4.78 is 2.09. The molecule has 0 N–H and O–H groups in total. The van der Waals surface area contributed by atoms with Crippen LogP contribution in [0.2, 0.25) is 0 Å². The molecule has 0 saturated heterocycles. The Morgan fingerprint density at radius 3 is 2.95 bits per heavy atom. The van der Waals surface area contributed by atoms with Crippen molar-refractivity contribution in [2.24, 2.45) is 0 Å². The molecule has 3 aromatic rings. The van der Waals surface area contributed by atoms with Crippen molar-refractivity contribution in [2.45, 2.75) is 39.0 Å². The van der Waals surface area contributed by atoms with Crippen LogP contribution in [0.25, 0.3) is 5.52 Å². The quantitative estimate of drug-likeness (QED) is 0.684. The first kappa shape index (κ1) is 14.8. The van der Waals surface area contributed by atoms with E-state index in [4.69, 9.17) is 5.26 Å². The van der Waals surface area contributed by atoms with E-state index in [2.05, 4.69) is 39.9 Å². The summed E-state index contributed by atoms with van der Waals surface area (Å²) in [5, 5.41) is 11.1. The van der Waals surface area contributed by atoms with E-state index in [0.29, 0.717) is 6.42 Å². The first-order valence-electron chi connectivity index (χ1n) is 7.69. The molecule has 3 heterocycles. The Morgan fingerprint density at radius 1 is 1.23 bits per heavy atom. The second-order valence-corrected chi connectivity index (χ2v) is 6.41. The maximum absolute atomic E-state index is 8.90. The zero-order valence-corrected chi connectivity index (χ0v) is 13.6. The molecular formula is C18H19N3S. The van der Waals surface area contributed by atoms with Gasteiger partial charge in [-0.2, -0.15) is 5.26 Å². The maximum atomic E-state index is 8.90. The van der Waals surface area contributed by atoms with E-state index in [1.54, 1.807) is 0 Å². The van der Waals surface area contributed by atoms with E-state index < -0.39 is 0 Å². The third-order valence-corrected chi connectivity index (χ3v) is 4.97. The van der Waals surface area contributed by atoms with Gasteiger partial charge in [-0.3, -0.25) is 4.98 Å². The van der Waals surface area contributed by atoms with Crippen molar-refractivity contribution in [1.29, 1.82) is 5.26 Å². The van der Waals surface area contributed by atoms with Crippen molar-refractivity contribution in [3.63, 3.8) is 0 Å². The summed E-state index contributed by atoms with van der Waals surface area (Å²) in [5.74, 6) is 0. The Morgan fingerprint density at radius 2 is 2.14 bits per heavy atom. The monoisotopic (exact) mass is 309 g/mol. The smallest absolute Gasteiger partial charge is 0.0758 e. The average Bonchev–Trinajstić information content (AvgIpc) is 3.14. The molecule has 3 aromatic heterocycles. The molecule has 22 heavy (non-hydrogen) atoms. The van der Waals surface area contributed by atoms with Gasteiger partial charge in [-0.25, -0.2) is 0 Å². The van der Waals surface area contributed by atoms with Gasteiger partial charge < -0.3 is 4.40 Å². The minimum atomic E-state index is 0.434. The number of aromatic nitrogens is 2. The lowest BCUT2D eigenvalue weighted by Gasteiger charge is -2.06. The van der Waals surface area contributed by atoms with Crippen LogP contribution in [0.5, 0.6) is 0 Å². The van der Waals surface area contributed by atoms with Gasteiger partial charge >= 0.3 is 0 Å². The number of fused-ring (bicyclic) bond motifs is 1. The van der Waals surface area contributed by atoms with Crippen LogP contribution in [-0.2, 0) is 25.7 Å². The van der Waals surface area contributed by atoms with Crippen molar-refractivity contribution in [1.82, 2.24) is 9.38 Å². The lowest BCUT2D eigenvalue weighted by molar-refractivity contribution is 0.873. The zero-order valence-electron chi connectivity index (χ0n) is 12.7. The van der Waals surface area contributed by atoms with Crippen molar-refractivity contribution in [2.75, 3.05) is 0 Å². The number of hydrogen-bond acceptors (Lipinski definition) is 3. The molecule has 0 atom stereocenters. The predicted molar refractivity (Wildman–Crippen MR) is 90.2 cm³/mol. The summed E-state index contributed by atoms with van der Waals surface area (Å²) in [7, 11) is 0. The fourth-order valence-electron chi connectivity index (χ4n) is 2.89. The molecule has 0 spiro atoms. The molecular weight excluding hydrogens is 290 g/mol. The minimum Gasteiger partial charge on any atom is -0.317 e. The fourth-order valence-corrected chi connectivity index (χ4v) is 3.82. The van der Waals surface area contributed by atoms with Crippen LogP contribution in [0, 0.1) is 11.3 Å². The van der Waals surface area contributed by atoms with E-state index in [1.165, 1.54) is 16.9 Å². The topological polar surface area (TPSA) is 41.1 Å². The van der Waals surface area contributed by atoms with Gasteiger partial charge in [-0.05, 0) is 48.4 Å². The maximum Gasteiger partial charge on any atom is 0.0758 e. The van der Waals surface area contributed by atoms with Gasteiger partial charge in [-0.15, -0.1) is 11.3 Å². The molecule has 0 aliphatic heterocycles. The van der Waals surface area contributed by atoms with E-state index in [0.717, 1.165) is 36.2 Å². The van der Waals surface area contributed by atoms with Gasteiger partial charge in [0, 0.05) is 23.0 Å². The van der Waals surface area contributed by atoms with Gasteiger partial charge in [-0.1, -0.05) is 13.3 Å². The Bertz CT molecular complexity index is 807. The molecule has 3 rings (SSSR count). The second-order valence-electron chi connectivity index (χ2n) is 5.41. The van der Waals surface area contributed by atoms with Gasteiger partial charge in [0.15, 0.2) is 0 Å². The summed E-state index contributed by atoms with van der Waals surface area (Å²) in [6, 6.07) is 8.57. The van der Waals surface area contributed by atoms with Gasteiger partial charge in [0.1, 0.15) is 0 Å². The average molecular weight is 309 g/mol. The van der Waals surface area contributed by atoms with Crippen LogP contribution in [0.15, 0.2) is 36.0 Å². The van der Waals surface area contributed by atoms with Crippen molar-refractivity contribution >= 4 is 16.9 Å². The Kier molecular flexibility index (Phi) is 4.55. The van der Waals surface area contributed by atoms with Crippen LogP contribution in [0.1, 0.15) is 35.2 Å². The number of nitrogens with zero attached hydrogens (tertiary/aromatic N) is 3. The molecule has 0 amide bonds.